The maximum atomic E-state index is 14.0. The molecule has 0 atom stereocenters. The first kappa shape index (κ1) is 23.8. The van der Waals surface area contributed by atoms with Crippen molar-refractivity contribution in [2.75, 3.05) is 0 Å². The molecule has 182 valence electrons. The molecular weight excluding hydrogens is 484 g/mol. The van der Waals surface area contributed by atoms with Gasteiger partial charge in [-0.15, -0.1) is 0 Å². The summed E-state index contributed by atoms with van der Waals surface area (Å²) in [5, 5.41) is 9.70. The fourth-order valence-corrected chi connectivity index (χ4v) is 10.3. The Hall–Kier alpha value is -3.96. The molecule has 4 aromatic carbocycles. The first-order valence-electron chi connectivity index (χ1n) is 11.3. The van der Waals surface area contributed by atoms with E-state index in [0.29, 0.717) is 21.6 Å². The SMILES string of the molecule is O=C(OP(Cc1n[nH]c2ccccc12)(c1ccccc1)(c1ccccc1)c1ccccc1)C(F)(F)F. The molecule has 0 aliphatic rings. The predicted molar refractivity (Wildman–Crippen MR) is 137 cm³/mol. The van der Waals surface area contributed by atoms with Gasteiger partial charge in [0.15, 0.2) is 0 Å². The average molecular weight is 506 g/mol. The van der Waals surface area contributed by atoms with Gasteiger partial charge in [0.1, 0.15) is 0 Å². The van der Waals surface area contributed by atoms with Crippen molar-refractivity contribution in [3.05, 3.63) is 121 Å². The summed E-state index contributed by atoms with van der Waals surface area (Å²) in [4.78, 5) is 12.9. The van der Waals surface area contributed by atoms with Crippen molar-refractivity contribution in [3.63, 3.8) is 0 Å². The van der Waals surface area contributed by atoms with Crippen molar-refractivity contribution in [2.45, 2.75) is 12.3 Å². The number of carbonyl (C=O) groups excluding carboxylic acids is 1. The van der Waals surface area contributed by atoms with Crippen LogP contribution in [0.5, 0.6) is 0 Å². The van der Waals surface area contributed by atoms with Gasteiger partial charge in [-0.3, -0.25) is 0 Å². The number of halogens is 3. The molecule has 0 aliphatic carbocycles. The van der Waals surface area contributed by atoms with Crippen LogP contribution < -0.4 is 15.9 Å². The molecule has 1 aromatic heterocycles. The van der Waals surface area contributed by atoms with Crippen molar-refractivity contribution in [3.8, 4) is 0 Å². The quantitative estimate of drug-likeness (QED) is 0.305. The molecule has 4 nitrogen and oxygen atoms in total. The summed E-state index contributed by atoms with van der Waals surface area (Å²) in [5.74, 6) is -2.24. The molecule has 0 unspecified atom stereocenters. The van der Waals surface area contributed by atoms with Gasteiger partial charge in [0.25, 0.3) is 0 Å². The minimum atomic E-state index is -5.20. The van der Waals surface area contributed by atoms with Gasteiger partial charge in [0, 0.05) is 0 Å². The Morgan fingerprint density at radius 3 is 1.64 bits per heavy atom. The van der Waals surface area contributed by atoms with Crippen LogP contribution in [-0.4, -0.2) is 22.3 Å². The van der Waals surface area contributed by atoms with Gasteiger partial charge in [-0.2, -0.15) is 0 Å². The molecule has 36 heavy (non-hydrogen) atoms. The summed E-state index contributed by atoms with van der Waals surface area (Å²) in [6, 6.07) is 33.6. The third-order valence-electron chi connectivity index (χ3n) is 6.42. The third kappa shape index (κ3) is 3.76. The van der Waals surface area contributed by atoms with Crippen molar-refractivity contribution in [1.29, 1.82) is 0 Å². The first-order valence-corrected chi connectivity index (χ1v) is 13.6. The number of alkyl halides is 3. The number of hydrogen-bond donors (Lipinski definition) is 1. The second-order valence-corrected chi connectivity index (χ2v) is 12.9. The molecule has 0 bridgehead atoms. The minimum absolute atomic E-state index is 0.0600. The first-order chi connectivity index (χ1) is 17.3. The molecule has 0 spiro atoms. The van der Waals surface area contributed by atoms with Crippen LogP contribution in [0.4, 0.5) is 13.2 Å². The van der Waals surface area contributed by atoms with E-state index in [1.165, 1.54) is 0 Å². The van der Waals surface area contributed by atoms with E-state index in [-0.39, 0.29) is 6.16 Å². The summed E-state index contributed by atoms with van der Waals surface area (Å²) in [6.45, 7) is -4.65. The van der Waals surface area contributed by atoms with Crippen LogP contribution in [0, 0.1) is 0 Å². The van der Waals surface area contributed by atoms with Gasteiger partial charge in [0.05, 0.1) is 0 Å². The molecule has 5 aromatic rings. The van der Waals surface area contributed by atoms with E-state index in [1.54, 1.807) is 91.0 Å². The zero-order valence-electron chi connectivity index (χ0n) is 19.0. The Bertz CT molecular complexity index is 1400. The number of hydrogen-bond acceptors (Lipinski definition) is 3. The number of benzene rings is 4. The fraction of sp³-hybridized carbons (Fsp3) is 0.0714. The van der Waals surface area contributed by atoms with Gasteiger partial charge in [0.2, 0.25) is 0 Å². The standard InChI is InChI=1S/C28H22F3N2O2P/c29-28(30,31)27(34)35-36(21-12-4-1-5-13-21,22-14-6-2-7-15-22,23-16-8-3-9-17-23)20-26-24-18-10-11-19-25(24)32-33-26/h1-19H,20H2,(H,32,33). The fourth-order valence-electron chi connectivity index (χ4n) is 4.80. The average Bonchev–Trinajstić information content (AvgIpc) is 3.31. The molecule has 0 amide bonds. The molecule has 1 heterocycles. The van der Waals surface area contributed by atoms with E-state index in [1.807, 2.05) is 24.3 Å². The summed E-state index contributed by atoms with van der Waals surface area (Å²) in [5.41, 5.74) is 1.25. The molecular formula is C28H22F3N2O2P. The van der Waals surface area contributed by atoms with Gasteiger partial charge in [-0.25, -0.2) is 0 Å². The van der Waals surface area contributed by atoms with Crippen molar-refractivity contribution in [1.82, 2.24) is 10.2 Å². The number of para-hydroxylation sites is 1. The Balaban J connectivity index is 1.96. The Labute approximate surface area is 205 Å². The van der Waals surface area contributed by atoms with Crippen molar-refractivity contribution in [2.24, 2.45) is 0 Å². The van der Waals surface area contributed by atoms with Crippen LogP contribution in [0.1, 0.15) is 5.69 Å². The summed E-state index contributed by atoms with van der Waals surface area (Å²) in [7, 11) is 0. The number of rotatable bonds is 6. The van der Waals surface area contributed by atoms with E-state index in [9.17, 15) is 18.0 Å². The number of aromatic nitrogens is 2. The normalized spacial score (nSPS) is 13.1. The van der Waals surface area contributed by atoms with E-state index >= 15 is 0 Å². The molecule has 8 heteroatoms. The molecule has 1 N–H and O–H groups in total. The Morgan fingerprint density at radius 2 is 1.17 bits per heavy atom. The molecule has 0 fully saturated rings. The third-order valence-corrected chi connectivity index (χ3v) is 12.1. The van der Waals surface area contributed by atoms with Crippen molar-refractivity contribution >= 4 is 39.6 Å². The van der Waals surface area contributed by atoms with Crippen LogP contribution in [0.25, 0.3) is 10.9 Å². The zero-order chi connectivity index (χ0) is 25.3. The van der Waals surface area contributed by atoms with Crippen LogP contribution in [0.2, 0.25) is 0 Å². The van der Waals surface area contributed by atoms with Gasteiger partial charge in [-0.1, -0.05) is 0 Å². The maximum absolute atomic E-state index is 14.0. The monoisotopic (exact) mass is 506 g/mol. The summed E-state index contributed by atoms with van der Waals surface area (Å²) >= 11 is 0. The van der Waals surface area contributed by atoms with Crippen LogP contribution >= 0.6 is 6.83 Å². The molecule has 0 saturated carbocycles. The predicted octanol–water partition coefficient (Wildman–Crippen LogP) is 5.61. The van der Waals surface area contributed by atoms with Crippen LogP contribution in [0.15, 0.2) is 115 Å². The number of H-pyrrole nitrogens is 1. The zero-order valence-corrected chi connectivity index (χ0v) is 19.9. The summed E-state index contributed by atoms with van der Waals surface area (Å²) < 4.78 is 47.8. The second-order valence-electron chi connectivity index (χ2n) is 8.47. The number of carbonyl (C=O) groups is 1. The summed E-state index contributed by atoms with van der Waals surface area (Å²) in [6.07, 6.45) is -5.26. The van der Waals surface area contributed by atoms with E-state index in [2.05, 4.69) is 10.2 Å². The number of aromatic amines is 1. The van der Waals surface area contributed by atoms with E-state index < -0.39 is 19.0 Å². The van der Waals surface area contributed by atoms with Crippen molar-refractivity contribution < 1.29 is 22.5 Å². The Morgan fingerprint density at radius 1 is 0.722 bits per heavy atom. The molecule has 0 aliphatic heterocycles. The van der Waals surface area contributed by atoms with Gasteiger partial charge < -0.3 is 0 Å². The van der Waals surface area contributed by atoms with Gasteiger partial charge >= 0.3 is 206 Å². The molecule has 0 saturated heterocycles. The van der Waals surface area contributed by atoms with Crippen LogP contribution in [0.3, 0.4) is 0 Å². The molecule has 5 rings (SSSR count). The number of nitrogens with one attached hydrogen (secondary N) is 1. The topological polar surface area (TPSA) is 55.0 Å². The van der Waals surface area contributed by atoms with Crippen LogP contribution in [-0.2, 0) is 15.5 Å². The number of nitrogens with zero attached hydrogens (tertiary/aromatic N) is 1. The van der Waals surface area contributed by atoms with E-state index in [4.69, 9.17) is 4.52 Å². The second kappa shape index (κ2) is 8.92. The van der Waals surface area contributed by atoms with E-state index in [0.717, 1.165) is 10.9 Å². The van der Waals surface area contributed by atoms with Gasteiger partial charge in [-0.05, 0) is 0 Å². The Kier molecular flexibility index (Phi) is 5.89. The molecule has 0 radical (unpaired) electrons. The number of fused-ring (bicyclic) bond motifs is 1.